The maximum absolute atomic E-state index is 13.3. The average Bonchev–Trinajstić information content (AvgIpc) is 2.75. The van der Waals surface area contributed by atoms with Crippen LogP contribution in [-0.2, 0) is 0 Å². The summed E-state index contributed by atoms with van der Waals surface area (Å²) in [6.07, 6.45) is 3.72. The van der Waals surface area contributed by atoms with Gasteiger partial charge in [0.05, 0.1) is 6.04 Å². The van der Waals surface area contributed by atoms with Crippen LogP contribution in [0.15, 0.2) is 0 Å². The smallest absolute Gasteiger partial charge is 0.263 e. The van der Waals surface area contributed by atoms with Gasteiger partial charge in [-0.2, -0.15) is 0 Å². The summed E-state index contributed by atoms with van der Waals surface area (Å²) in [4.78, 5) is 0. The molecule has 0 saturated heterocycles. The van der Waals surface area contributed by atoms with Crippen LogP contribution in [0.2, 0.25) is 0 Å². The van der Waals surface area contributed by atoms with Crippen molar-refractivity contribution in [2.75, 3.05) is 0 Å². The molecular formula is C11H19F2N. The molecule has 2 atom stereocenters. The summed E-state index contributed by atoms with van der Waals surface area (Å²) in [7, 11) is 0. The van der Waals surface area contributed by atoms with Crippen LogP contribution in [0.1, 0.15) is 46.0 Å². The van der Waals surface area contributed by atoms with E-state index in [1.54, 1.807) is 0 Å². The Bertz CT molecular complexity index is 223. The predicted molar refractivity (Wildman–Crippen MR) is 52.5 cm³/mol. The highest BCUT2D eigenvalue weighted by molar-refractivity contribution is 5.00. The first kappa shape index (κ1) is 10.3. The molecule has 0 aromatic heterocycles. The molecule has 82 valence electrons. The van der Waals surface area contributed by atoms with Crippen molar-refractivity contribution >= 4 is 0 Å². The van der Waals surface area contributed by atoms with Crippen molar-refractivity contribution in [3.05, 3.63) is 0 Å². The zero-order valence-electron chi connectivity index (χ0n) is 8.95. The molecule has 0 bridgehead atoms. The van der Waals surface area contributed by atoms with E-state index in [1.165, 1.54) is 12.8 Å². The third-order valence-electron chi connectivity index (χ3n) is 4.05. The van der Waals surface area contributed by atoms with Crippen LogP contribution in [0, 0.1) is 5.41 Å². The van der Waals surface area contributed by atoms with Crippen LogP contribution >= 0.6 is 0 Å². The predicted octanol–water partition coefficient (Wildman–Crippen LogP) is 2.95. The van der Waals surface area contributed by atoms with Crippen LogP contribution < -0.4 is 5.32 Å². The summed E-state index contributed by atoms with van der Waals surface area (Å²) in [6, 6.07) is -0.341. The molecule has 0 spiro atoms. The molecule has 0 radical (unpaired) electrons. The lowest BCUT2D eigenvalue weighted by Gasteiger charge is -2.28. The maximum atomic E-state index is 13.3. The molecule has 3 heteroatoms. The number of rotatable bonds is 3. The van der Waals surface area contributed by atoms with Crippen LogP contribution in [0.4, 0.5) is 8.78 Å². The van der Waals surface area contributed by atoms with Crippen molar-refractivity contribution < 1.29 is 8.78 Å². The van der Waals surface area contributed by atoms with Gasteiger partial charge in [-0.1, -0.05) is 6.92 Å². The van der Waals surface area contributed by atoms with Crippen LogP contribution in [0.5, 0.6) is 0 Å². The number of alkyl halides is 2. The number of hydrogen-bond acceptors (Lipinski definition) is 1. The summed E-state index contributed by atoms with van der Waals surface area (Å²) >= 11 is 0. The second-order valence-corrected chi connectivity index (χ2v) is 5.25. The summed E-state index contributed by atoms with van der Waals surface area (Å²) < 4.78 is 26.6. The second kappa shape index (κ2) is 3.16. The van der Waals surface area contributed by atoms with Gasteiger partial charge in [0, 0.05) is 12.5 Å². The monoisotopic (exact) mass is 203 g/mol. The highest BCUT2D eigenvalue weighted by atomic mass is 19.3. The first-order valence-corrected chi connectivity index (χ1v) is 5.58. The van der Waals surface area contributed by atoms with Crippen molar-refractivity contribution in [3.8, 4) is 0 Å². The van der Waals surface area contributed by atoms with Gasteiger partial charge >= 0.3 is 0 Å². The molecule has 0 amide bonds. The molecule has 1 nitrogen and oxygen atoms in total. The third kappa shape index (κ3) is 1.79. The van der Waals surface area contributed by atoms with E-state index in [2.05, 4.69) is 12.2 Å². The van der Waals surface area contributed by atoms with Crippen molar-refractivity contribution in [2.45, 2.75) is 64.0 Å². The minimum absolute atomic E-state index is 0.0636. The Kier molecular flexibility index (Phi) is 2.33. The molecule has 0 aromatic rings. The van der Waals surface area contributed by atoms with Gasteiger partial charge in [-0.05, 0) is 38.0 Å². The molecular weight excluding hydrogens is 184 g/mol. The van der Waals surface area contributed by atoms with E-state index in [-0.39, 0.29) is 12.5 Å². The second-order valence-electron chi connectivity index (χ2n) is 5.25. The van der Waals surface area contributed by atoms with Crippen LogP contribution in [0.3, 0.4) is 0 Å². The lowest BCUT2D eigenvalue weighted by Crippen LogP contribution is -2.47. The van der Waals surface area contributed by atoms with Gasteiger partial charge in [-0.15, -0.1) is 0 Å². The Labute approximate surface area is 84.3 Å². The van der Waals surface area contributed by atoms with Gasteiger partial charge in [0.2, 0.25) is 0 Å². The molecule has 0 heterocycles. The minimum Gasteiger partial charge on any atom is -0.306 e. The molecule has 1 N–H and O–H groups in total. The molecule has 2 rings (SSSR count). The molecule has 2 aliphatic rings. The molecule has 0 aliphatic heterocycles. The van der Waals surface area contributed by atoms with Crippen molar-refractivity contribution in [1.29, 1.82) is 0 Å². The van der Waals surface area contributed by atoms with E-state index in [1.807, 2.05) is 6.92 Å². The van der Waals surface area contributed by atoms with E-state index in [9.17, 15) is 8.78 Å². The number of hydrogen-bond donors (Lipinski definition) is 1. The molecule has 0 aromatic carbocycles. The van der Waals surface area contributed by atoms with E-state index in [0.29, 0.717) is 18.3 Å². The molecule has 14 heavy (non-hydrogen) atoms. The van der Waals surface area contributed by atoms with Gasteiger partial charge < -0.3 is 5.32 Å². The Morgan fingerprint density at radius 1 is 1.29 bits per heavy atom. The topological polar surface area (TPSA) is 12.0 Å². The van der Waals surface area contributed by atoms with E-state index >= 15 is 0 Å². The lowest BCUT2D eigenvalue weighted by atomic mass is 9.99. The minimum atomic E-state index is -2.47. The third-order valence-corrected chi connectivity index (χ3v) is 4.05. The Morgan fingerprint density at radius 2 is 1.93 bits per heavy atom. The van der Waals surface area contributed by atoms with Gasteiger partial charge in [-0.3, -0.25) is 0 Å². The largest absolute Gasteiger partial charge is 0.306 e. The molecule has 2 unspecified atom stereocenters. The van der Waals surface area contributed by atoms with Gasteiger partial charge in [0.15, 0.2) is 0 Å². The maximum Gasteiger partial charge on any atom is 0.263 e. The Morgan fingerprint density at radius 3 is 2.36 bits per heavy atom. The highest BCUT2D eigenvalue weighted by Crippen LogP contribution is 2.48. The Balaban J connectivity index is 1.91. The number of halogens is 2. The Hall–Kier alpha value is -0.180. The quantitative estimate of drug-likeness (QED) is 0.743. The van der Waals surface area contributed by atoms with Crippen LogP contribution in [-0.4, -0.2) is 18.0 Å². The first-order chi connectivity index (χ1) is 6.44. The van der Waals surface area contributed by atoms with E-state index in [0.717, 1.165) is 0 Å². The van der Waals surface area contributed by atoms with Crippen LogP contribution in [0.25, 0.3) is 0 Å². The molecule has 2 aliphatic carbocycles. The fraction of sp³-hybridized carbons (Fsp3) is 1.00. The van der Waals surface area contributed by atoms with Gasteiger partial charge in [-0.25, -0.2) is 8.78 Å². The standard InChI is InChI=1S/C11H19F2N/c1-8(10(2)6-7-10)14-9-4-3-5-11(9,12)13/h8-9,14H,3-7H2,1-2H3. The zero-order chi connectivity index (χ0) is 10.4. The first-order valence-electron chi connectivity index (χ1n) is 5.58. The molecule has 2 saturated carbocycles. The van der Waals surface area contributed by atoms with Crippen molar-refractivity contribution in [3.63, 3.8) is 0 Å². The molecule has 2 fully saturated rings. The van der Waals surface area contributed by atoms with Crippen molar-refractivity contribution in [1.82, 2.24) is 5.32 Å². The fourth-order valence-corrected chi connectivity index (χ4v) is 2.27. The summed E-state index contributed by atoms with van der Waals surface area (Å²) in [5, 5.41) is 3.12. The highest BCUT2D eigenvalue weighted by Gasteiger charge is 2.48. The summed E-state index contributed by atoms with van der Waals surface area (Å²) in [6.45, 7) is 4.22. The SMILES string of the molecule is CC(NC1CCCC1(F)F)C1(C)CC1. The summed E-state index contributed by atoms with van der Waals surface area (Å²) in [5.74, 6) is -2.47. The normalized spacial score (nSPS) is 35.6. The number of nitrogens with one attached hydrogen (secondary N) is 1. The average molecular weight is 203 g/mol. The summed E-state index contributed by atoms with van der Waals surface area (Å²) in [5.41, 5.74) is 0.290. The van der Waals surface area contributed by atoms with Gasteiger partial charge in [0.25, 0.3) is 5.92 Å². The fourth-order valence-electron chi connectivity index (χ4n) is 2.27. The van der Waals surface area contributed by atoms with Gasteiger partial charge in [0.1, 0.15) is 0 Å². The van der Waals surface area contributed by atoms with Crippen molar-refractivity contribution in [2.24, 2.45) is 5.41 Å². The zero-order valence-corrected chi connectivity index (χ0v) is 8.95. The lowest BCUT2D eigenvalue weighted by molar-refractivity contribution is -0.0227. The van der Waals surface area contributed by atoms with E-state index in [4.69, 9.17) is 0 Å². The van der Waals surface area contributed by atoms with E-state index < -0.39 is 12.0 Å².